The Morgan fingerprint density at radius 1 is 0.983 bits per heavy atom. The average molecular weight is 792 g/mol. The van der Waals surface area contributed by atoms with Gasteiger partial charge in [-0.15, -0.1) is 0 Å². The lowest BCUT2D eigenvalue weighted by molar-refractivity contribution is -0.196. The smallest absolute Gasteiger partial charge is 0.310 e. The van der Waals surface area contributed by atoms with Crippen LogP contribution in [0, 0.1) is 40.4 Å². The molecule has 4 N–H and O–H groups in total. The fraction of sp³-hybridized carbons (Fsp3) is 0.478. The van der Waals surface area contributed by atoms with Gasteiger partial charge in [-0.05, 0) is 104 Å². The number of alkyl halides is 1. The largest absolute Gasteiger partial charge is 0.465 e. The maximum Gasteiger partial charge on any atom is 0.310 e. The van der Waals surface area contributed by atoms with Crippen molar-refractivity contribution in [3.63, 3.8) is 0 Å². The van der Waals surface area contributed by atoms with Crippen molar-refractivity contribution in [1.29, 1.82) is 0 Å². The topological polar surface area (TPSA) is 175 Å². The second-order valence-corrected chi connectivity index (χ2v) is 17.4. The molecule has 58 heavy (non-hydrogen) atoms. The van der Waals surface area contributed by atoms with E-state index in [0.29, 0.717) is 43.4 Å². The van der Waals surface area contributed by atoms with Crippen LogP contribution in [0.1, 0.15) is 69.4 Å². The highest BCUT2D eigenvalue weighted by Crippen LogP contribution is 2.69. The number of allylic oxidation sites excluding steroid dienone is 4. The van der Waals surface area contributed by atoms with Crippen LogP contribution in [0.15, 0.2) is 84.7 Å². The number of anilines is 1. The molecule has 0 aliphatic heterocycles. The third-order valence-corrected chi connectivity index (χ3v) is 14.3. The molecule has 5 aliphatic carbocycles. The lowest BCUT2D eigenvalue weighted by atomic mass is 9.45. The summed E-state index contributed by atoms with van der Waals surface area (Å²) >= 11 is 0. The average Bonchev–Trinajstić information content (AvgIpc) is 3.95. The Kier molecular flexibility index (Phi) is 10.5. The van der Waals surface area contributed by atoms with E-state index in [-0.39, 0.29) is 49.4 Å². The monoisotopic (exact) mass is 791 g/mol. The number of aliphatic hydroxyl groups is 1. The Labute approximate surface area is 336 Å². The summed E-state index contributed by atoms with van der Waals surface area (Å²) in [7, 11) is 0. The number of amides is 1. The maximum atomic E-state index is 17.3. The Hall–Kier alpha value is -5.07. The van der Waals surface area contributed by atoms with Crippen LogP contribution >= 0.6 is 0 Å². The molecule has 0 radical (unpaired) electrons. The van der Waals surface area contributed by atoms with Gasteiger partial charge in [0.05, 0.1) is 30.5 Å². The van der Waals surface area contributed by atoms with E-state index in [0.717, 1.165) is 21.9 Å². The molecule has 4 fully saturated rings. The first-order valence-corrected chi connectivity index (χ1v) is 20.4. The highest BCUT2D eigenvalue weighted by Gasteiger charge is 2.70. The van der Waals surface area contributed by atoms with E-state index in [1.807, 2.05) is 55.5 Å². The van der Waals surface area contributed by atoms with Crippen molar-refractivity contribution in [2.45, 2.75) is 76.5 Å². The lowest BCUT2D eigenvalue weighted by Gasteiger charge is -2.62. The predicted molar refractivity (Wildman–Crippen MR) is 213 cm³/mol. The van der Waals surface area contributed by atoms with E-state index < -0.39 is 70.7 Å². The third-order valence-electron chi connectivity index (χ3n) is 14.3. The number of hydrogen-bond acceptors (Lipinski definition) is 10. The van der Waals surface area contributed by atoms with Gasteiger partial charge in [0.1, 0.15) is 6.61 Å². The molecule has 12 heteroatoms. The maximum absolute atomic E-state index is 17.3. The summed E-state index contributed by atoms with van der Waals surface area (Å²) in [5, 5.41) is 16.4. The molecule has 0 bridgehead atoms. The summed E-state index contributed by atoms with van der Waals surface area (Å²) in [4.78, 5) is 68.7. The molecule has 1 amide bonds. The molecule has 3 unspecified atom stereocenters. The number of benzene rings is 2. The van der Waals surface area contributed by atoms with Crippen molar-refractivity contribution in [1.82, 2.24) is 4.98 Å². The van der Waals surface area contributed by atoms with Crippen LogP contribution in [-0.2, 0) is 39.9 Å². The van der Waals surface area contributed by atoms with E-state index in [9.17, 15) is 29.1 Å². The molecule has 2 aromatic carbocycles. The van der Waals surface area contributed by atoms with Gasteiger partial charge in [-0.2, -0.15) is 0 Å². The van der Waals surface area contributed by atoms with Crippen LogP contribution in [0.25, 0.3) is 10.8 Å². The highest BCUT2D eigenvalue weighted by molar-refractivity contribution is 6.01. The number of aromatic nitrogens is 1. The van der Waals surface area contributed by atoms with Crippen LogP contribution in [0.5, 0.6) is 0 Å². The molecule has 304 valence electrons. The summed E-state index contributed by atoms with van der Waals surface area (Å²) < 4.78 is 28.3. The molecule has 1 aromatic heterocycles. The fourth-order valence-electron chi connectivity index (χ4n) is 10.9. The van der Waals surface area contributed by atoms with E-state index in [2.05, 4.69) is 10.3 Å². The molecular formula is C46H50FN3O8. The SMILES string of the molecule is C[C@]12C[C@H](O)[C@@]3(F)[C@@H](CCC4=CC(=O)C=C[C@@]43C)[C@@H]1CC[C@@H]2C(=O)COC(=O)C1CC1C(=O)OCCc1ccc(C(CN)C(=O)Nc2ccc3cnccc3c2)cc1. The van der Waals surface area contributed by atoms with Crippen LogP contribution in [-0.4, -0.2) is 71.0 Å². The predicted octanol–water partition coefficient (Wildman–Crippen LogP) is 5.74. The van der Waals surface area contributed by atoms with E-state index in [1.54, 1.807) is 25.4 Å². The number of nitrogens with one attached hydrogen (secondary N) is 1. The van der Waals surface area contributed by atoms with E-state index in [1.165, 1.54) is 12.2 Å². The number of nitrogens with two attached hydrogens (primary N) is 1. The van der Waals surface area contributed by atoms with Gasteiger partial charge in [0.25, 0.3) is 0 Å². The molecule has 5 aliphatic rings. The fourth-order valence-corrected chi connectivity index (χ4v) is 10.9. The van der Waals surface area contributed by atoms with Crippen LogP contribution in [0.3, 0.4) is 0 Å². The standard InChI is InChI=1S/C46H50FN3O8/c1-44-22-40(53)46(47)37(10-8-30-20-32(51)13-16-45(30,46)2)36(44)11-12-38(44)39(52)25-58-43(56)34-21-33(34)42(55)57-18-15-26-3-5-27(6-4-26)35(23-48)41(54)50-31-9-7-29-24-49-17-14-28(29)19-31/h3-7,9,13-14,16-17,19-20,24,33-38,40,53H,8,10-12,15,18,21-23,25,48H2,1-2H3,(H,50,54)/t33?,34?,35?,36-,37-,38+,40-,44-,45-,46-/m0/s1. The molecule has 0 spiro atoms. The van der Waals surface area contributed by atoms with Crippen molar-refractivity contribution in [3.05, 3.63) is 95.9 Å². The van der Waals surface area contributed by atoms with Crippen LogP contribution in [0.2, 0.25) is 0 Å². The van der Waals surface area contributed by atoms with E-state index in [4.69, 9.17) is 15.2 Å². The van der Waals surface area contributed by atoms with Gasteiger partial charge in [-0.25, -0.2) is 4.39 Å². The minimum Gasteiger partial charge on any atom is -0.465 e. The molecule has 0 saturated heterocycles. The summed E-state index contributed by atoms with van der Waals surface area (Å²) in [5.74, 6) is -4.77. The number of nitrogens with zero attached hydrogens (tertiary/aromatic N) is 1. The number of fused-ring (bicyclic) bond motifs is 6. The van der Waals surface area contributed by atoms with Crippen molar-refractivity contribution >= 4 is 45.9 Å². The number of pyridine rings is 1. The number of ether oxygens (including phenoxy) is 2. The van der Waals surface area contributed by atoms with Crippen molar-refractivity contribution < 1.29 is 42.9 Å². The normalized spacial score (nSPS) is 32.6. The number of carbonyl (C=O) groups excluding carboxylic acids is 5. The number of rotatable bonds is 12. The number of hydrogen-bond donors (Lipinski definition) is 3. The van der Waals surface area contributed by atoms with Gasteiger partial charge in [-0.3, -0.25) is 29.0 Å². The summed E-state index contributed by atoms with van der Waals surface area (Å²) in [5.41, 5.74) is 5.31. The van der Waals surface area contributed by atoms with Gasteiger partial charge >= 0.3 is 11.9 Å². The number of Topliss-reactive ketones (excluding diaryl/α,β-unsaturated/α-hetero) is 1. The molecule has 11 nitrogen and oxygen atoms in total. The summed E-state index contributed by atoms with van der Waals surface area (Å²) in [6.07, 6.45) is 9.64. The van der Waals surface area contributed by atoms with Crippen molar-refractivity contribution in [2.24, 2.45) is 46.2 Å². The second-order valence-electron chi connectivity index (χ2n) is 17.4. The Balaban J connectivity index is 0.787. The number of aliphatic hydroxyl groups excluding tert-OH is 1. The van der Waals surface area contributed by atoms with Crippen molar-refractivity contribution in [3.8, 4) is 0 Å². The number of ketones is 2. The van der Waals surface area contributed by atoms with Crippen LogP contribution < -0.4 is 11.1 Å². The number of esters is 2. The first kappa shape index (κ1) is 39.7. The highest BCUT2D eigenvalue weighted by atomic mass is 19.1. The zero-order valence-corrected chi connectivity index (χ0v) is 32.8. The van der Waals surface area contributed by atoms with Gasteiger partial charge in [0.2, 0.25) is 5.91 Å². The number of halogens is 1. The molecule has 8 rings (SSSR count). The third kappa shape index (κ3) is 6.87. The molecular weight excluding hydrogens is 742 g/mol. The second kappa shape index (κ2) is 15.3. The Morgan fingerprint density at radius 2 is 1.74 bits per heavy atom. The summed E-state index contributed by atoms with van der Waals surface area (Å²) in [6.45, 7) is 3.51. The Morgan fingerprint density at radius 3 is 2.50 bits per heavy atom. The molecule has 4 saturated carbocycles. The van der Waals surface area contributed by atoms with E-state index >= 15 is 4.39 Å². The quantitative estimate of drug-likeness (QED) is 0.192. The molecule has 1 heterocycles. The van der Waals surface area contributed by atoms with Gasteiger partial charge in [0, 0.05) is 53.7 Å². The van der Waals surface area contributed by atoms with Crippen molar-refractivity contribution in [2.75, 3.05) is 25.1 Å². The van der Waals surface area contributed by atoms with Gasteiger partial charge < -0.3 is 25.6 Å². The minimum atomic E-state index is -1.96. The first-order chi connectivity index (χ1) is 27.8. The van der Waals surface area contributed by atoms with Gasteiger partial charge in [0.15, 0.2) is 17.2 Å². The lowest BCUT2D eigenvalue weighted by Crippen LogP contribution is -2.66. The molecule has 3 aromatic rings. The Bertz CT molecular complexity index is 2220. The summed E-state index contributed by atoms with van der Waals surface area (Å²) in [6, 6.07) is 14.9. The molecule has 10 atom stereocenters. The van der Waals surface area contributed by atoms with Crippen LogP contribution in [0.4, 0.5) is 10.1 Å². The minimum absolute atomic E-state index is 0.0942. The van der Waals surface area contributed by atoms with Gasteiger partial charge in [-0.1, -0.05) is 48.9 Å². The first-order valence-electron chi connectivity index (χ1n) is 20.4. The zero-order chi connectivity index (χ0) is 41.0. The number of carbonyl (C=O) groups is 5. The zero-order valence-electron chi connectivity index (χ0n) is 32.8.